The molecular formula is C21H26BrNO4. The molecule has 6 heteroatoms. The minimum absolute atomic E-state index is 0. The summed E-state index contributed by atoms with van der Waals surface area (Å²) in [5.74, 6) is 1.02. The van der Waals surface area contributed by atoms with E-state index in [1.807, 2.05) is 30.3 Å². The third-order valence-electron chi connectivity index (χ3n) is 4.92. The molecule has 2 N–H and O–H groups in total. The molecule has 3 rings (SSSR count). The van der Waals surface area contributed by atoms with Gasteiger partial charge >= 0.3 is 0 Å². The second-order valence-electron chi connectivity index (χ2n) is 6.47. The number of benzene rings is 2. The highest BCUT2D eigenvalue weighted by molar-refractivity contribution is 6.01. The van der Waals surface area contributed by atoms with E-state index in [2.05, 4.69) is 16.7 Å². The van der Waals surface area contributed by atoms with Gasteiger partial charge in [0.05, 0.1) is 33.4 Å². The van der Waals surface area contributed by atoms with Crippen LogP contribution in [0.3, 0.4) is 0 Å². The van der Waals surface area contributed by atoms with Crippen molar-refractivity contribution >= 4 is 5.71 Å². The van der Waals surface area contributed by atoms with Crippen molar-refractivity contribution in [3.05, 3.63) is 59.2 Å². The van der Waals surface area contributed by atoms with Crippen LogP contribution in [0.4, 0.5) is 0 Å². The number of methoxy groups -OCH3 is 2. The first-order valence-electron chi connectivity index (χ1n) is 8.84. The van der Waals surface area contributed by atoms with Crippen molar-refractivity contribution in [2.24, 2.45) is 5.92 Å². The second kappa shape index (κ2) is 9.88. The molecule has 0 fully saturated rings. The molecular weight excluding hydrogens is 410 g/mol. The van der Waals surface area contributed by atoms with Crippen molar-refractivity contribution in [3.63, 3.8) is 0 Å². The average molecular weight is 436 g/mol. The molecule has 0 atom stereocenters. The lowest BCUT2D eigenvalue weighted by molar-refractivity contribution is -0.547. The van der Waals surface area contributed by atoms with Crippen LogP contribution in [0.25, 0.3) is 0 Å². The standard InChI is InChI=1S/C21H26NO4.BrH/c1-25-19-10-16-8-9-22(12-15-6-4-3-5-7-15)21(17(13-23)14-24)18(16)11-20(19)26-2;/h3-7,10-11,17,23-24H,8-9,12-14H2,1-2H3;1H/q+1;/p-1. The van der Waals surface area contributed by atoms with E-state index >= 15 is 0 Å². The third-order valence-corrected chi connectivity index (χ3v) is 4.92. The summed E-state index contributed by atoms with van der Waals surface area (Å²) < 4.78 is 13.1. The largest absolute Gasteiger partial charge is 1.00 e. The average Bonchev–Trinajstić information content (AvgIpc) is 2.69. The fourth-order valence-electron chi connectivity index (χ4n) is 3.59. The van der Waals surface area contributed by atoms with Gasteiger partial charge in [-0.05, 0) is 17.7 Å². The summed E-state index contributed by atoms with van der Waals surface area (Å²) in [4.78, 5) is 0. The van der Waals surface area contributed by atoms with Gasteiger partial charge in [0, 0.05) is 17.5 Å². The first-order valence-corrected chi connectivity index (χ1v) is 8.84. The lowest BCUT2D eigenvalue weighted by Crippen LogP contribution is -3.00. The maximum atomic E-state index is 9.85. The van der Waals surface area contributed by atoms with Crippen molar-refractivity contribution in [1.82, 2.24) is 0 Å². The van der Waals surface area contributed by atoms with E-state index in [9.17, 15) is 10.2 Å². The van der Waals surface area contributed by atoms with Gasteiger partial charge in [-0.3, -0.25) is 0 Å². The number of halogens is 1. The van der Waals surface area contributed by atoms with Crippen LogP contribution < -0.4 is 26.5 Å². The van der Waals surface area contributed by atoms with Crippen LogP contribution in [-0.2, 0) is 13.0 Å². The van der Waals surface area contributed by atoms with Crippen molar-refractivity contribution in [1.29, 1.82) is 0 Å². The number of aliphatic hydroxyl groups excluding tert-OH is 2. The molecule has 2 aromatic carbocycles. The van der Waals surface area contributed by atoms with Gasteiger partial charge in [0.2, 0.25) is 0 Å². The topological polar surface area (TPSA) is 61.9 Å². The minimum Gasteiger partial charge on any atom is -1.00 e. The quantitative estimate of drug-likeness (QED) is 0.540. The zero-order chi connectivity index (χ0) is 18.5. The van der Waals surface area contributed by atoms with E-state index < -0.39 is 0 Å². The summed E-state index contributed by atoms with van der Waals surface area (Å²) in [5.41, 5.74) is 4.32. The molecule has 27 heavy (non-hydrogen) atoms. The third kappa shape index (κ3) is 4.51. The SMILES string of the molecule is COc1cc2c(cc1OC)C(C(CO)CO)=[N+](Cc1ccccc1)CC2.[Br-]. The number of aliphatic hydroxyl groups is 2. The van der Waals surface area contributed by atoms with Crippen molar-refractivity contribution < 1.29 is 41.2 Å². The zero-order valence-corrected chi connectivity index (χ0v) is 17.3. The normalized spacial score (nSPS) is 13.2. The van der Waals surface area contributed by atoms with Crippen LogP contribution in [0.1, 0.15) is 16.7 Å². The lowest BCUT2D eigenvalue weighted by atomic mass is 9.88. The monoisotopic (exact) mass is 435 g/mol. The molecule has 0 aromatic heterocycles. The van der Waals surface area contributed by atoms with Crippen LogP contribution in [-0.4, -0.2) is 54.5 Å². The first-order chi connectivity index (χ1) is 12.7. The van der Waals surface area contributed by atoms with Crippen molar-refractivity contribution in [2.45, 2.75) is 13.0 Å². The van der Waals surface area contributed by atoms with Crippen LogP contribution in [0, 0.1) is 5.92 Å². The molecule has 0 saturated heterocycles. The van der Waals surface area contributed by atoms with Crippen LogP contribution >= 0.6 is 0 Å². The van der Waals surface area contributed by atoms with Gasteiger partial charge in [-0.2, -0.15) is 0 Å². The number of ether oxygens (including phenoxy) is 2. The van der Waals surface area contributed by atoms with E-state index in [1.165, 1.54) is 5.56 Å². The Hall–Kier alpha value is -1.89. The molecule has 0 unspecified atom stereocenters. The summed E-state index contributed by atoms with van der Waals surface area (Å²) in [6.45, 7) is 1.35. The Bertz CT molecular complexity index is 788. The first kappa shape index (κ1) is 21.4. The molecule has 0 radical (unpaired) electrons. The molecule has 146 valence electrons. The van der Waals surface area contributed by atoms with Gasteiger partial charge in [-0.15, -0.1) is 0 Å². The highest BCUT2D eigenvalue weighted by Crippen LogP contribution is 2.33. The highest BCUT2D eigenvalue weighted by atomic mass is 79.9. The Balaban J connectivity index is 0.00000261. The highest BCUT2D eigenvalue weighted by Gasteiger charge is 2.33. The molecule has 0 aliphatic carbocycles. The van der Waals surface area contributed by atoms with Crippen molar-refractivity contribution in [2.75, 3.05) is 34.0 Å². The number of nitrogens with zero attached hydrogens (tertiary/aromatic N) is 1. The van der Waals surface area contributed by atoms with E-state index in [-0.39, 0.29) is 36.1 Å². The Kier molecular flexibility index (Phi) is 7.83. The number of rotatable bonds is 7. The molecule has 0 amide bonds. The zero-order valence-electron chi connectivity index (χ0n) is 15.7. The van der Waals surface area contributed by atoms with Crippen LogP contribution in [0.15, 0.2) is 42.5 Å². The molecule has 1 heterocycles. The Morgan fingerprint density at radius 2 is 1.63 bits per heavy atom. The van der Waals surface area contributed by atoms with Gasteiger partial charge in [-0.1, -0.05) is 30.3 Å². The Labute approximate surface area is 170 Å². The van der Waals surface area contributed by atoms with Gasteiger partial charge in [-0.25, -0.2) is 4.58 Å². The molecule has 1 aliphatic rings. The fraction of sp³-hybridized carbons (Fsp3) is 0.381. The molecule has 5 nitrogen and oxygen atoms in total. The van der Waals surface area contributed by atoms with E-state index in [4.69, 9.17) is 9.47 Å². The summed E-state index contributed by atoms with van der Waals surface area (Å²) >= 11 is 0. The number of hydrogen-bond acceptors (Lipinski definition) is 4. The predicted molar refractivity (Wildman–Crippen MR) is 100 cm³/mol. The predicted octanol–water partition coefficient (Wildman–Crippen LogP) is -1.13. The van der Waals surface area contributed by atoms with E-state index in [0.29, 0.717) is 11.5 Å². The van der Waals surface area contributed by atoms with Gasteiger partial charge in [0.25, 0.3) is 0 Å². The van der Waals surface area contributed by atoms with Gasteiger partial charge in [0.15, 0.2) is 23.8 Å². The molecule has 0 saturated carbocycles. The fourth-order valence-corrected chi connectivity index (χ4v) is 3.59. The molecule has 0 spiro atoms. The lowest BCUT2D eigenvalue weighted by Gasteiger charge is -2.24. The molecule has 1 aliphatic heterocycles. The minimum atomic E-state index is -0.337. The summed E-state index contributed by atoms with van der Waals surface area (Å²) in [6.07, 6.45) is 0.871. The number of fused-ring (bicyclic) bond motifs is 1. The van der Waals surface area contributed by atoms with Gasteiger partial charge in [0.1, 0.15) is 6.54 Å². The number of hydrogen-bond donors (Lipinski definition) is 2. The molecule has 2 aromatic rings. The van der Waals surface area contributed by atoms with Crippen LogP contribution in [0.2, 0.25) is 0 Å². The summed E-state index contributed by atoms with van der Waals surface area (Å²) in [7, 11) is 3.24. The maximum Gasteiger partial charge on any atom is 0.191 e. The Morgan fingerprint density at radius 3 is 2.22 bits per heavy atom. The summed E-state index contributed by atoms with van der Waals surface area (Å²) in [6, 6.07) is 14.2. The van der Waals surface area contributed by atoms with Crippen molar-refractivity contribution in [3.8, 4) is 11.5 Å². The van der Waals surface area contributed by atoms with E-state index in [1.54, 1.807) is 14.2 Å². The van der Waals surface area contributed by atoms with Crippen LogP contribution in [0.5, 0.6) is 11.5 Å². The second-order valence-corrected chi connectivity index (χ2v) is 6.47. The summed E-state index contributed by atoms with van der Waals surface area (Å²) in [5, 5.41) is 19.7. The molecule has 0 bridgehead atoms. The van der Waals surface area contributed by atoms with E-state index in [0.717, 1.165) is 36.3 Å². The smallest absolute Gasteiger partial charge is 0.191 e. The van der Waals surface area contributed by atoms with Gasteiger partial charge < -0.3 is 36.7 Å². The Morgan fingerprint density at radius 1 is 1.00 bits per heavy atom. The maximum absolute atomic E-state index is 9.85.